The van der Waals surface area contributed by atoms with Crippen molar-refractivity contribution in [1.29, 1.82) is 0 Å². The number of primary amides is 1. The van der Waals surface area contributed by atoms with Crippen LogP contribution in [0, 0.1) is 0 Å². The molecular formula is C22H41NO3. The van der Waals surface area contributed by atoms with E-state index in [4.69, 9.17) is 10.8 Å². The molecule has 0 spiro atoms. The summed E-state index contributed by atoms with van der Waals surface area (Å²) >= 11 is 0. The molecule has 0 aromatic heterocycles. The quantitative estimate of drug-likeness (QED) is 0.200. The molecule has 1 amide bonds. The Morgan fingerprint density at radius 2 is 0.923 bits per heavy atom. The molecule has 4 nitrogen and oxygen atoms in total. The molecular weight excluding hydrogens is 326 g/mol. The summed E-state index contributed by atoms with van der Waals surface area (Å²) in [6.45, 7) is 0. The number of carbonyl (C=O) groups excluding carboxylic acids is 1. The molecule has 0 heterocycles. The minimum atomic E-state index is -0.670. The molecule has 0 aliphatic rings. The fourth-order valence-electron chi connectivity index (χ4n) is 3.10. The van der Waals surface area contributed by atoms with Gasteiger partial charge in [-0.1, -0.05) is 76.4 Å². The normalized spacial score (nSPS) is 11.2. The van der Waals surface area contributed by atoms with Crippen LogP contribution in [-0.4, -0.2) is 17.0 Å². The minimum Gasteiger partial charge on any atom is -0.481 e. The number of hydrogen-bond donors (Lipinski definition) is 2. The van der Waals surface area contributed by atoms with Gasteiger partial charge in [0.25, 0.3) is 0 Å². The van der Waals surface area contributed by atoms with Crippen LogP contribution in [0.2, 0.25) is 0 Å². The second-order valence-corrected chi connectivity index (χ2v) is 7.36. The molecule has 0 aliphatic heterocycles. The molecule has 0 saturated heterocycles. The first-order valence-corrected chi connectivity index (χ1v) is 10.8. The number of aliphatic carboxylic acids is 1. The maximum Gasteiger partial charge on any atom is 0.303 e. The molecule has 0 atom stereocenters. The van der Waals surface area contributed by atoms with Crippen molar-refractivity contribution in [2.75, 3.05) is 0 Å². The molecule has 0 radical (unpaired) electrons. The predicted octanol–water partition coefficient (Wildman–Crippen LogP) is 6.13. The van der Waals surface area contributed by atoms with Crippen molar-refractivity contribution >= 4 is 11.9 Å². The number of carboxylic acid groups (broad SMARTS) is 1. The van der Waals surface area contributed by atoms with Crippen LogP contribution < -0.4 is 5.73 Å². The van der Waals surface area contributed by atoms with Crippen molar-refractivity contribution in [1.82, 2.24) is 0 Å². The summed E-state index contributed by atoms with van der Waals surface area (Å²) < 4.78 is 0. The maximum absolute atomic E-state index is 10.6. The molecule has 0 unspecified atom stereocenters. The lowest BCUT2D eigenvalue weighted by atomic mass is 10.1. The van der Waals surface area contributed by atoms with E-state index >= 15 is 0 Å². The third-order valence-corrected chi connectivity index (χ3v) is 4.72. The van der Waals surface area contributed by atoms with E-state index in [2.05, 4.69) is 12.2 Å². The number of carboxylic acids is 1. The molecule has 0 rings (SSSR count). The Kier molecular flexibility index (Phi) is 19.0. The highest BCUT2D eigenvalue weighted by Gasteiger charge is 1.97. The van der Waals surface area contributed by atoms with Crippen LogP contribution in [0.1, 0.15) is 116 Å². The van der Waals surface area contributed by atoms with Gasteiger partial charge in [-0.05, 0) is 38.5 Å². The van der Waals surface area contributed by atoms with Gasteiger partial charge in [-0.2, -0.15) is 0 Å². The molecule has 0 aromatic carbocycles. The van der Waals surface area contributed by atoms with Crippen LogP contribution in [0.4, 0.5) is 0 Å². The lowest BCUT2D eigenvalue weighted by Crippen LogP contribution is -2.09. The topological polar surface area (TPSA) is 80.4 Å². The van der Waals surface area contributed by atoms with E-state index in [9.17, 15) is 9.59 Å². The Balaban J connectivity index is 3.10. The van der Waals surface area contributed by atoms with Gasteiger partial charge in [0.05, 0.1) is 0 Å². The van der Waals surface area contributed by atoms with Gasteiger partial charge in [-0.25, -0.2) is 0 Å². The number of allylic oxidation sites excluding steroid dienone is 2. The van der Waals surface area contributed by atoms with Gasteiger partial charge in [0, 0.05) is 12.8 Å². The van der Waals surface area contributed by atoms with Gasteiger partial charge >= 0.3 is 5.97 Å². The first kappa shape index (κ1) is 24.7. The largest absolute Gasteiger partial charge is 0.481 e. The zero-order valence-electron chi connectivity index (χ0n) is 16.7. The SMILES string of the molecule is NC(=O)CCCCCCCC=CCCCCCCCCCCCC(=O)O. The number of unbranched alkanes of at least 4 members (excludes halogenated alkanes) is 14. The second-order valence-electron chi connectivity index (χ2n) is 7.36. The monoisotopic (exact) mass is 367 g/mol. The van der Waals surface area contributed by atoms with Crippen molar-refractivity contribution in [3.05, 3.63) is 12.2 Å². The van der Waals surface area contributed by atoms with Gasteiger partial charge in [-0.15, -0.1) is 0 Å². The smallest absolute Gasteiger partial charge is 0.303 e. The second kappa shape index (κ2) is 20.0. The van der Waals surface area contributed by atoms with Crippen molar-refractivity contribution in [2.24, 2.45) is 5.73 Å². The van der Waals surface area contributed by atoms with E-state index in [-0.39, 0.29) is 5.91 Å². The summed E-state index contributed by atoms with van der Waals surface area (Å²) in [6.07, 6.45) is 24.5. The molecule has 0 aliphatic carbocycles. The molecule has 0 saturated carbocycles. The molecule has 3 N–H and O–H groups in total. The zero-order valence-corrected chi connectivity index (χ0v) is 16.7. The van der Waals surface area contributed by atoms with Gasteiger partial charge in [0.15, 0.2) is 0 Å². The Morgan fingerprint density at radius 3 is 1.31 bits per heavy atom. The van der Waals surface area contributed by atoms with Crippen LogP contribution in [0.25, 0.3) is 0 Å². The highest BCUT2D eigenvalue weighted by atomic mass is 16.4. The average Bonchev–Trinajstić information content (AvgIpc) is 2.59. The van der Waals surface area contributed by atoms with E-state index in [1.165, 1.54) is 77.0 Å². The molecule has 26 heavy (non-hydrogen) atoms. The van der Waals surface area contributed by atoms with E-state index in [1.807, 2.05) is 0 Å². The zero-order chi connectivity index (χ0) is 19.3. The Bertz CT molecular complexity index is 366. The van der Waals surface area contributed by atoms with Crippen molar-refractivity contribution < 1.29 is 14.7 Å². The Hall–Kier alpha value is -1.32. The Labute approximate surface area is 160 Å². The van der Waals surface area contributed by atoms with E-state index in [0.29, 0.717) is 12.8 Å². The number of rotatable bonds is 20. The van der Waals surface area contributed by atoms with Crippen molar-refractivity contribution in [2.45, 2.75) is 116 Å². The van der Waals surface area contributed by atoms with Gasteiger partial charge in [-0.3, -0.25) is 9.59 Å². The highest BCUT2D eigenvalue weighted by molar-refractivity contribution is 5.73. The molecule has 4 heteroatoms. The van der Waals surface area contributed by atoms with Crippen LogP contribution in [0.5, 0.6) is 0 Å². The van der Waals surface area contributed by atoms with Crippen LogP contribution in [0.3, 0.4) is 0 Å². The minimum absolute atomic E-state index is 0.180. The maximum atomic E-state index is 10.6. The van der Waals surface area contributed by atoms with Crippen LogP contribution in [-0.2, 0) is 9.59 Å². The summed E-state index contributed by atoms with van der Waals surface area (Å²) in [7, 11) is 0. The lowest BCUT2D eigenvalue weighted by molar-refractivity contribution is -0.137. The molecule has 152 valence electrons. The summed E-state index contributed by atoms with van der Waals surface area (Å²) in [5.74, 6) is -0.850. The standard InChI is InChI=1S/C22H41NO3/c23-21(24)19-17-15-13-11-9-7-5-3-1-2-4-6-8-10-12-14-16-18-20-22(25)26/h3,5H,1-2,4,6-20H2,(H2,23,24)(H,25,26). The van der Waals surface area contributed by atoms with Gasteiger partial charge < -0.3 is 10.8 Å². The Morgan fingerprint density at radius 1 is 0.577 bits per heavy atom. The first-order valence-electron chi connectivity index (χ1n) is 10.8. The average molecular weight is 368 g/mol. The summed E-state index contributed by atoms with van der Waals surface area (Å²) in [4.78, 5) is 21.0. The molecule has 0 aromatic rings. The van der Waals surface area contributed by atoms with E-state index < -0.39 is 5.97 Å². The molecule has 0 bridgehead atoms. The number of amides is 1. The van der Waals surface area contributed by atoms with Crippen molar-refractivity contribution in [3.8, 4) is 0 Å². The van der Waals surface area contributed by atoms with Crippen LogP contribution in [0.15, 0.2) is 12.2 Å². The third kappa shape index (κ3) is 22.7. The van der Waals surface area contributed by atoms with E-state index in [1.54, 1.807) is 0 Å². The van der Waals surface area contributed by atoms with Crippen LogP contribution >= 0.6 is 0 Å². The third-order valence-electron chi connectivity index (χ3n) is 4.72. The summed E-state index contributed by atoms with van der Waals surface area (Å²) in [5.41, 5.74) is 5.11. The fourth-order valence-corrected chi connectivity index (χ4v) is 3.10. The van der Waals surface area contributed by atoms with E-state index in [0.717, 1.165) is 25.7 Å². The number of carbonyl (C=O) groups is 2. The van der Waals surface area contributed by atoms with Crippen molar-refractivity contribution in [3.63, 3.8) is 0 Å². The lowest BCUT2D eigenvalue weighted by Gasteiger charge is -2.01. The number of hydrogen-bond acceptors (Lipinski definition) is 2. The fraction of sp³-hybridized carbons (Fsp3) is 0.818. The van der Waals surface area contributed by atoms with Gasteiger partial charge in [0.1, 0.15) is 0 Å². The highest BCUT2D eigenvalue weighted by Crippen LogP contribution is 2.12. The predicted molar refractivity (Wildman–Crippen MR) is 109 cm³/mol. The summed E-state index contributed by atoms with van der Waals surface area (Å²) in [5, 5.41) is 8.55. The number of nitrogens with two attached hydrogens (primary N) is 1. The first-order chi connectivity index (χ1) is 12.6. The summed E-state index contributed by atoms with van der Waals surface area (Å²) in [6, 6.07) is 0. The van der Waals surface area contributed by atoms with Gasteiger partial charge in [0.2, 0.25) is 5.91 Å². The molecule has 0 fully saturated rings.